The summed E-state index contributed by atoms with van der Waals surface area (Å²) in [4.78, 5) is 11.1. The van der Waals surface area contributed by atoms with Crippen LogP contribution >= 0.6 is 0 Å². The van der Waals surface area contributed by atoms with Crippen LogP contribution in [0.5, 0.6) is 0 Å². The van der Waals surface area contributed by atoms with Gasteiger partial charge in [0.15, 0.2) is 0 Å². The van der Waals surface area contributed by atoms with Gasteiger partial charge in [-0.25, -0.2) is 4.98 Å². The van der Waals surface area contributed by atoms with Crippen molar-refractivity contribution >= 4 is 11.8 Å². The molecule has 0 saturated carbocycles. The van der Waals surface area contributed by atoms with E-state index in [9.17, 15) is 0 Å². The molecule has 1 fully saturated rings. The molecular weight excluding hydrogens is 228 g/mol. The average Bonchev–Trinajstić information content (AvgIpc) is 2.40. The van der Waals surface area contributed by atoms with Crippen molar-refractivity contribution in [3.05, 3.63) is 11.8 Å². The van der Waals surface area contributed by atoms with E-state index in [4.69, 9.17) is 5.11 Å². The smallest absolute Gasteiger partial charge is 0.224 e. The van der Waals surface area contributed by atoms with Crippen molar-refractivity contribution < 1.29 is 5.11 Å². The van der Waals surface area contributed by atoms with Crippen molar-refractivity contribution in [3.63, 3.8) is 0 Å². The summed E-state index contributed by atoms with van der Waals surface area (Å²) < 4.78 is 0. The number of hydrogen-bond donors (Lipinski definition) is 2. The molecule has 0 spiro atoms. The number of nitrogens with zero attached hydrogens (tertiary/aromatic N) is 3. The molecule has 2 rings (SSSR count). The Hall–Kier alpha value is -1.36. The zero-order valence-electron chi connectivity index (χ0n) is 11.2. The number of aliphatic hydroxyl groups excluding tert-OH is 1. The van der Waals surface area contributed by atoms with Crippen LogP contribution in [0.3, 0.4) is 0 Å². The fraction of sp³-hybridized carbons (Fsp3) is 0.692. The number of nitrogens with one attached hydrogen (secondary N) is 1. The van der Waals surface area contributed by atoms with E-state index >= 15 is 0 Å². The third kappa shape index (κ3) is 2.90. The molecule has 5 nitrogen and oxygen atoms in total. The van der Waals surface area contributed by atoms with Gasteiger partial charge in [0.25, 0.3) is 0 Å². The number of rotatable bonds is 4. The number of aryl methyl sites for hydroxylation is 1. The van der Waals surface area contributed by atoms with Gasteiger partial charge in [-0.15, -0.1) is 0 Å². The second-order valence-electron chi connectivity index (χ2n) is 4.92. The summed E-state index contributed by atoms with van der Waals surface area (Å²) in [7, 11) is 1.83. The first-order chi connectivity index (χ1) is 8.74. The van der Waals surface area contributed by atoms with Crippen molar-refractivity contribution in [3.8, 4) is 0 Å². The fourth-order valence-corrected chi connectivity index (χ4v) is 2.55. The predicted octanol–water partition coefficient (Wildman–Crippen LogP) is 1.43. The molecule has 1 aliphatic heterocycles. The van der Waals surface area contributed by atoms with E-state index in [0.29, 0.717) is 11.9 Å². The van der Waals surface area contributed by atoms with E-state index < -0.39 is 0 Å². The topological polar surface area (TPSA) is 61.3 Å². The lowest BCUT2D eigenvalue weighted by molar-refractivity contribution is 0.244. The highest BCUT2D eigenvalue weighted by Crippen LogP contribution is 2.26. The van der Waals surface area contributed by atoms with Gasteiger partial charge in [0.2, 0.25) is 5.95 Å². The SMILES string of the molecule is CNc1ncc(C)c(N2CCCC(CCO)C2)n1. The van der Waals surface area contributed by atoms with E-state index in [2.05, 4.69) is 20.2 Å². The quantitative estimate of drug-likeness (QED) is 0.846. The van der Waals surface area contributed by atoms with Crippen molar-refractivity contribution in [2.24, 2.45) is 5.92 Å². The number of aromatic nitrogens is 2. The normalized spacial score (nSPS) is 19.9. The summed E-state index contributed by atoms with van der Waals surface area (Å²) in [5.41, 5.74) is 1.11. The van der Waals surface area contributed by atoms with Gasteiger partial charge in [-0.2, -0.15) is 4.98 Å². The van der Waals surface area contributed by atoms with Gasteiger partial charge in [-0.3, -0.25) is 0 Å². The van der Waals surface area contributed by atoms with Gasteiger partial charge in [0.05, 0.1) is 0 Å². The molecule has 0 bridgehead atoms. The van der Waals surface area contributed by atoms with Crippen LogP contribution in [-0.2, 0) is 0 Å². The molecule has 0 radical (unpaired) electrons. The Morgan fingerprint density at radius 1 is 1.56 bits per heavy atom. The highest BCUT2D eigenvalue weighted by Gasteiger charge is 2.22. The molecular formula is C13H22N4O. The molecule has 1 saturated heterocycles. The molecule has 0 amide bonds. The molecule has 0 aliphatic carbocycles. The number of hydrogen-bond acceptors (Lipinski definition) is 5. The van der Waals surface area contributed by atoms with E-state index in [1.165, 1.54) is 12.8 Å². The van der Waals surface area contributed by atoms with Crippen LogP contribution in [-0.4, -0.2) is 41.8 Å². The van der Waals surface area contributed by atoms with Crippen LogP contribution in [0.1, 0.15) is 24.8 Å². The van der Waals surface area contributed by atoms with Crippen LogP contribution < -0.4 is 10.2 Å². The second kappa shape index (κ2) is 6.00. The van der Waals surface area contributed by atoms with Gasteiger partial charge >= 0.3 is 0 Å². The first-order valence-electron chi connectivity index (χ1n) is 6.61. The summed E-state index contributed by atoms with van der Waals surface area (Å²) in [5, 5.41) is 12.0. The van der Waals surface area contributed by atoms with Crippen molar-refractivity contribution in [1.29, 1.82) is 0 Å². The highest BCUT2D eigenvalue weighted by molar-refractivity contribution is 5.49. The zero-order valence-corrected chi connectivity index (χ0v) is 11.2. The number of piperidine rings is 1. The minimum absolute atomic E-state index is 0.281. The molecule has 2 heterocycles. The largest absolute Gasteiger partial charge is 0.396 e. The van der Waals surface area contributed by atoms with Gasteiger partial charge in [0, 0.05) is 38.5 Å². The lowest BCUT2D eigenvalue weighted by Crippen LogP contribution is -2.36. The molecule has 5 heteroatoms. The Morgan fingerprint density at radius 3 is 3.11 bits per heavy atom. The lowest BCUT2D eigenvalue weighted by atomic mass is 9.95. The Balaban J connectivity index is 2.14. The minimum Gasteiger partial charge on any atom is -0.396 e. The molecule has 1 atom stereocenters. The van der Waals surface area contributed by atoms with Crippen molar-refractivity contribution in [2.75, 3.05) is 37.0 Å². The van der Waals surface area contributed by atoms with E-state index in [-0.39, 0.29) is 6.61 Å². The molecule has 0 aromatic carbocycles. The minimum atomic E-state index is 0.281. The van der Waals surface area contributed by atoms with Crippen LogP contribution in [0.25, 0.3) is 0 Å². The van der Waals surface area contributed by atoms with Crippen LogP contribution in [0.4, 0.5) is 11.8 Å². The number of aliphatic hydroxyl groups is 1. The average molecular weight is 250 g/mol. The van der Waals surface area contributed by atoms with Gasteiger partial charge in [-0.1, -0.05) is 0 Å². The highest BCUT2D eigenvalue weighted by atomic mass is 16.3. The van der Waals surface area contributed by atoms with Gasteiger partial charge in [0.1, 0.15) is 5.82 Å². The summed E-state index contributed by atoms with van der Waals surface area (Å²) in [6.07, 6.45) is 5.13. The maximum Gasteiger partial charge on any atom is 0.224 e. The van der Waals surface area contributed by atoms with Crippen molar-refractivity contribution in [1.82, 2.24) is 9.97 Å². The molecule has 1 unspecified atom stereocenters. The Morgan fingerprint density at radius 2 is 2.39 bits per heavy atom. The van der Waals surface area contributed by atoms with E-state index in [1.54, 1.807) is 0 Å². The fourth-order valence-electron chi connectivity index (χ4n) is 2.55. The third-order valence-electron chi connectivity index (χ3n) is 3.52. The first kappa shape index (κ1) is 13.1. The monoisotopic (exact) mass is 250 g/mol. The van der Waals surface area contributed by atoms with Crippen LogP contribution in [0.2, 0.25) is 0 Å². The molecule has 18 heavy (non-hydrogen) atoms. The summed E-state index contributed by atoms with van der Waals surface area (Å²) in [6.45, 7) is 4.36. The van der Waals surface area contributed by atoms with Crippen molar-refractivity contribution in [2.45, 2.75) is 26.2 Å². The summed E-state index contributed by atoms with van der Waals surface area (Å²) >= 11 is 0. The predicted molar refractivity (Wildman–Crippen MR) is 73.0 cm³/mol. The first-order valence-corrected chi connectivity index (χ1v) is 6.61. The molecule has 100 valence electrons. The maximum absolute atomic E-state index is 9.06. The van der Waals surface area contributed by atoms with Gasteiger partial charge < -0.3 is 15.3 Å². The summed E-state index contributed by atoms with van der Waals surface area (Å²) in [5.74, 6) is 2.27. The van der Waals surface area contributed by atoms with Gasteiger partial charge in [-0.05, 0) is 32.1 Å². The van der Waals surface area contributed by atoms with E-state index in [0.717, 1.165) is 30.9 Å². The Kier molecular flexibility index (Phi) is 4.36. The maximum atomic E-state index is 9.06. The Labute approximate surface area is 108 Å². The summed E-state index contributed by atoms with van der Waals surface area (Å²) in [6, 6.07) is 0. The lowest BCUT2D eigenvalue weighted by Gasteiger charge is -2.34. The molecule has 2 N–H and O–H groups in total. The second-order valence-corrected chi connectivity index (χ2v) is 4.92. The van der Waals surface area contributed by atoms with Crippen LogP contribution in [0, 0.1) is 12.8 Å². The van der Waals surface area contributed by atoms with Crippen LogP contribution in [0.15, 0.2) is 6.20 Å². The zero-order chi connectivity index (χ0) is 13.0. The molecule has 1 aromatic rings. The molecule has 1 aromatic heterocycles. The Bertz CT molecular complexity index is 395. The molecule has 1 aliphatic rings. The third-order valence-corrected chi connectivity index (χ3v) is 3.52. The number of anilines is 2. The van der Waals surface area contributed by atoms with E-state index in [1.807, 2.05) is 20.2 Å². The standard InChI is InChI=1S/C13H22N4O/c1-10-8-15-13(14-2)16-12(10)17-6-3-4-11(9-17)5-7-18/h8,11,18H,3-7,9H2,1-2H3,(H,14,15,16).